The van der Waals surface area contributed by atoms with E-state index in [1.54, 1.807) is 0 Å². The first-order valence-electron chi connectivity index (χ1n) is 6.16. The summed E-state index contributed by atoms with van der Waals surface area (Å²) in [6.07, 6.45) is 1.03. The summed E-state index contributed by atoms with van der Waals surface area (Å²) in [6, 6.07) is 6.38. The Balaban J connectivity index is 3.14. The molecule has 0 aliphatic heterocycles. The van der Waals surface area contributed by atoms with Crippen molar-refractivity contribution in [2.24, 2.45) is 0 Å². The monoisotopic (exact) mass is 220 g/mol. The predicted octanol–water partition coefficient (Wildman–Crippen LogP) is 4.55. The molecule has 0 N–H and O–H groups in total. The van der Waals surface area contributed by atoms with Crippen LogP contribution in [0.1, 0.15) is 58.6 Å². The van der Waals surface area contributed by atoms with Gasteiger partial charge in [0.1, 0.15) is 11.4 Å². The number of hydrogen-bond donors (Lipinski definition) is 0. The van der Waals surface area contributed by atoms with Crippen LogP contribution >= 0.6 is 0 Å². The van der Waals surface area contributed by atoms with Crippen LogP contribution in [0.25, 0.3) is 0 Å². The first-order valence-corrected chi connectivity index (χ1v) is 6.16. The molecular formula is C15H24O. The molecule has 0 fully saturated rings. The normalized spacial score (nSPS) is 11.9. The van der Waals surface area contributed by atoms with Crippen molar-refractivity contribution >= 4 is 0 Å². The lowest BCUT2D eigenvalue weighted by atomic mass is 9.95. The summed E-state index contributed by atoms with van der Waals surface area (Å²) in [6.45, 7) is 12.9. The van der Waals surface area contributed by atoms with Crippen LogP contribution in [0.4, 0.5) is 0 Å². The predicted molar refractivity (Wildman–Crippen MR) is 70.3 cm³/mol. The molecule has 0 saturated carbocycles. The number of rotatable bonds is 3. The zero-order valence-electron chi connectivity index (χ0n) is 11.4. The summed E-state index contributed by atoms with van der Waals surface area (Å²) < 4.78 is 6.01. The zero-order valence-corrected chi connectivity index (χ0v) is 11.4. The van der Waals surface area contributed by atoms with Crippen LogP contribution in [0.2, 0.25) is 0 Å². The Morgan fingerprint density at radius 1 is 1.19 bits per heavy atom. The third kappa shape index (κ3) is 3.26. The highest BCUT2D eigenvalue weighted by molar-refractivity contribution is 5.42. The van der Waals surface area contributed by atoms with Gasteiger partial charge in [-0.25, -0.2) is 0 Å². The van der Waals surface area contributed by atoms with E-state index in [0.717, 1.165) is 12.2 Å². The van der Waals surface area contributed by atoms with Crippen molar-refractivity contribution in [3.05, 3.63) is 29.3 Å². The van der Waals surface area contributed by atoms with Crippen LogP contribution in [-0.2, 0) is 6.42 Å². The van der Waals surface area contributed by atoms with Gasteiger partial charge in [-0.1, -0.05) is 32.9 Å². The first-order chi connectivity index (χ1) is 7.35. The Bertz CT molecular complexity index is 345. The fourth-order valence-electron chi connectivity index (χ4n) is 1.93. The first kappa shape index (κ1) is 13.1. The van der Waals surface area contributed by atoms with E-state index in [9.17, 15) is 0 Å². The minimum absolute atomic E-state index is 0.125. The molecule has 0 heterocycles. The Kier molecular flexibility index (Phi) is 4.01. The SMILES string of the molecule is CCc1c(OC(C)(C)C)cccc1C(C)C. The molecule has 0 bridgehead atoms. The maximum absolute atomic E-state index is 6.01. The van der Waals surface area contributed by atoms with Crippen molar-refractivity contribution in [3.8, 4) is 5.75 Å². The van der Waals surface area contributed by atoms with E-state index < -0.39 is 0 Å². The topological polar surface area (TPSA) is 9.23 Å². The van der Waals surface area contributed by atoms with Gasteiger partial charge in [0.2, 0.25) is 0 Å². The second-order valence-electron chi connectivity index (χ2n) is 5.55. The maximum atomic E-state index is 6.01. The van der Waals surface area contributed by atoms with Crippen LogP contribution < -0.4 is 4.74 Å². The summed E-state index contributed by atoms with van der Waals surface area (Å²) in [5.41, 5.74) is 2.64. The average Bonchev–Trinajstić information content (AvgIpc) is 2.14. The van der Waals surface area contributed by atoms with E-state index >= 15 is 0 Å². The highest BCUT2D eigenvalue weighted by Crippen LogP contribution is 2.30. The summed E-state index contributed by atoms with van der Waals surface area (Å²) >= 11 is 0. The van der Waals surface area contributed by atoms with Crippen LogP contribution in [0.15, 0.2) is 18.2 Å². The van der Waals surface area contributed by atoms with Crippen LogP contribution in [0, 0.1) is 0 Å². The zero-order chi connectivity index (χ0) is 12.3. The third-order valence-electron chi connectivity index (χ3n) is 2.56. The van der Waals surface area contributed by atoms with E-state index in [1.165, 1.54) is 11.1 Å². The molecule has 90 valence electrons. The maximum Gasteiger partial charge on any atom is 0.123 e. The molecule has 1 rings (SSSR count). The molecule has 1 nitrogen and oxygen atoms in total. The minimum atomic E-state index is -0.125. The lowest BCUT2D eigenvalue weighted by Crippen LogP contribution is -2.23. The lowest BCUT2D eigenvalue weighted by Gasteiger charge is -2.25. The van der Waals surface area contributed by atoms with Crippen molar-refractivity contribution in [2.45, 2.75) is 59.5 Å². The summed E-state index contributed by atoms with van der Waals surface area (Å²) in [4.78, 5) is 0. The second-order valence-corrected chi connectivity index (χ2v) is 5.55. The molecule has 0 aliphatic rings. The molecule has 0 saturated heterocycles. The minimum Gasteiger partial charge on any atom is -0.488 e. The second kappa shape index (κ2) is 4.90. The van der Waals surface area contributed by atoms with Crippen LogP contribution in [0.5, 0.6) is 5.75 Å². The van der Waals surface area contributed by atoms with Crippen molar-refractivity contribution in [2.75, 3.05) is 0 Å². The van der Waals surface area contributed by atoms with Gasteiger partial charge in [0.15, 0.2) is 0 Å². The quantitative estimate of drug-likeness (QED) is 0.726. The molecule has 0 radical (unpaired) electrons. The molecule has 1 aromatic carbocycles. The third-order valence-corrected chi connectivity index (χ3v) is 2.56. The van der Waals surface area contributed by atoms with E-state index in [-0.39, 0.29) is 5.60 Å². The molecular weight excluding hydrogens is 196 g/mol. The van der Waals surface area contributed by atoms with E-state index in [1.807, 2.05) is 0 Å². The molecule has 1 aromatic rings. The van der Waals surface area contributed by atoms with E-state index in [4.69, 9.17) is 4.74 Å². The highest BCUT2D eigenvalue weighted by Gasteiger charge is 2.16. The van der Waals surface area contributed by atoms with E-state index in [2.05, 4.69) is 59.7 Å². The fourth-order valence-corrected chi connectivity index (χ4v) is 1.93. The van der Waals surface area contributed by atoms with Gasteiger partial charge in [0.05, 0.1) is 0 Å². The van der Waals surface area contributed by atoms with Gasteiger partial charge in [-0.15, -0.1) is 0 Å². The average molecular weight is 220 g/mol. The Morgan fingerprint density at radius 3 is 2.25 bits per heavy atom. The molecule has 0 aliphatic carbocycles. The Morgan fingerprint density at radius 2 is 1.81 bits per heavy atom. The van der Waals surface area contributed by atoms with Crippen molar-refractivity contribution in [1.82, 2.24) is 0 Å². The van der Waals surface area contributed by atoms with Crippen molar-refractivity contribution in [3.63, 3.8) is 0 Å². The van der Waals surface area contributed by atoms with Crippen LogP contribution in [-0.4, -0.2) is 5.60 Å². The largest absolute Gasteiger partial charge is 0.488 e. The van der Waals surface area contributed by atoms with Gasteiger partial charge in [0, 0.05) is 0 Å². The van der Waals surface area contributed by atoms with E-state index in [0.29, 0.717) is 5.92 Å². The molecule has 1 heteroatoms. The molecule has 0 amide bonds. The lowest BCUT2D eigenvalue weighted by molar-refractivity contribution is 0.129. The Hall–Kier alpha value is -0.980. The van der Waals surface area contributed by atoms with Gasteiger partial charge in [-0.05, 0) is 50.3 Å². The standard InChI is InChI=1S/C15H24O/c1-7-12-13(11(2)3)9-8-10-14(12)16-15(4,5)6/h8-11H,7H2,1-6H3. The molecule has 0 atom stereocenters. The Labute approximate surface area is 99.8 Å². The van der Waals surface area contributed by atoms with Crippen molar-refractivity contribution in [1.29, 1.82) is 0 Å². The van der Waals surface area contributed by atoms with Gasteiger partial charge in [-0.2, -0.15) is 0 Å². The van der Waals surface area contributed by atoms with Crippen LogP contribution in [0.3, 0.4) is 0 Å². The molecule has 0 unspecified atom stereocenters. The van der Waals surface area contributed by atoms with Gasteiger partial charge < -0.3 is 4.74 Å². The summed E-state index contributed by atoms with van der Waals surface area (Å²) in [5, 5.41) is 0. The number of hydrogen-bond acceptors (Lipinski definition) is 1. The van der Waals surface area contributed by atoms with Gasteiger partial charge in [-0.3, -0.25) is 0 Å². The molecule has 0 aromatic heterocycles. The molecule has 16 heavy (non-hydrogen) atoms. The summed E-state index contributed by atoms with van der Waals surface area (Å²) in [5.74, 6) is 1.60. The summed E-state index contributed by atoms with van der Waals surface area (Å²) in [7, 11) is 0. The number of ether oxygens (including phenoxy) is 1. The molecule has 0 spiro atoms. The smallest absolute Gasteiger partial charge is 0.123 e. The van der Waals surface area contributed by atoms with Gasteiger partial charge >= 0.3 is 0 Å². The van der Waals surface area contributed by atoms with Gasteiger partial charge in [0.25, 0.3) is 0 Å². The number of benzene rings is 1. The fraction of sp³-hybridized carbons (Fsp3) is 0.600. The van der Waals surface area contributed by atoms with Crippen molar-refractivity contribution < 1.29 is 4.74 Å². The highest BCUT2D eigenvalue weighted by atomic mass is 16.5.